The lowest BCUT2D eigenvalue weighted by molar-refractivity contribution is 0.485. The molecule has 1 aliphatic heterocycles. The van der Waals surface area contributed by atoms with Crippen LogP contribution in [0, 0.1) is 0 Å². The van der Waals surface area contributed by atoms with Crippen LogP contribution in [-0.4, -0.2) is 30.4 Å². The van der Waals surface area contributed by atoms with Crippen molar-refractivity contribution in [1.82, 2.24) is 9.88 Å². The van der Waals surface area contributed by atoms with Crippen LogP contribution in [-0.2, 0) is 19.9 Å². The number of nitrogens with zero attached hydrogens (tertiary/aromatic N) is 2. The van der Waals surface area contributed by atoms with Crippen molar-refractivity contribution in [2.24, 2.45) is 12.0 Å². The van der Waals surface area contributed by atoms with E-state index in [1.165, 1.54) is 34.6 Å². The molecular weight excluding hydrogens is 334 g/mol. The van der Waals surface area contributed by atoms with E-state index in [9.17, 15) is 0 Å². The Kier molecular flexibility index (Phi) is 5.21. The number of aliphatic imine (C=N–C) groups is 1. The minimum Gasteiger partial charge on any atom is -0.385 e. The second-order valence-corrected chi connectivity index (χ2v) is 7.70. The van der Waals surface area contributed by atoms with Gasteiger partial charge in [-0.25, -0.2) is 4.99 Å². The Morgan fingerprint density at radius 3 is 2.93 bits per heavy atom. The van der Waals surface area contributed by atoms with Gasteiger partial charge in [-0.1, -0.05) is 13.0 Å². The number of aromatic nitrogens is 1. The fourth-order valence-corrected chi connectivity index (χ4v) is 4.46. The van der Waals surface area contributed by atoms with Crippen LogP contribution in [0.25, 0.3) is 0 Å². The molecule has 0 amide bonds. The van der Waals surface area contributed by atoms with Crippen LogP contribution >= 0.6 is 0 Å². The third-order valence-corrected chi connectivity index (χ3v) is 5.91. The summed E-state index contributed by atoms with van der Waals surface area (Å²) >= 11 is 0. The fraction of sp³-hybridized carbons (Fsp3) is 0.500. The largest absolute Gasteiger partial charge is 0.385 e. The highest BCUT2D eigenvalue weighted by Gasteiger charge is 2.32. The maximum atomic E-state index is 4.76. The number of hydrogen-bond donors (Lipinski definition) is 3. The first-order valence-electron chi connectivity index (χ1n) is 10.2. The number of anilines is 2. The van der Waals surface area contributed by atoms with E-state index in [0.717, 1.165) is 38.0 Å². The summed E-state index contributed by atoms with van der Waals surface area (Å²) in [5.74, 6) is 1.14. The maximum Gasteiger partial charge on any atom is 0.137 e. The van der Waals surface area contributed by atoms with Crippen molar-refractivity contribution in [2.75, 3.05) is 24.2 Å². The van der Waals surface area contributed by atoms with E-state index >= 15 is 0 Å². The number of hydrogen-bond acceptors (Lipinski definition) is 4. The first kappa shape index (κ1) is 18.1. The van der Waals surface area contributed by atoms with Crippen LogP contribution < -0.4 is 16.0 Å². The van der Waals surface area contributed by atoms with Crippen LogP contribution in [0.4, 0.5) is 17.2 Å². The van der Waals surface area contributed by atoms with Gasteiger partial charge in [0.05, 0.1) is 6.04 Å². The van der Waals surface area contributed by atoms with E-state index in [4.69, 9.17) is 4.99 Å². The quantitative estimate of drug-likeness (QED) is 0.720. The van der Waals surface area contributed by atoms with Crippen molar-refractivity contribution in [3.8, 4) is 0 Å². The molecule has 0 saturated heterocycles. The highest BCUT2D eigenvalue weighted by molar-refractivity contribution is 5.73. The zero-order valence-electron chi connectivity index (χ0n) is 16.7. The molecule has 2 aromatic rings. The van der Waals surface area contributed by atoms with Crippen molar-refractivity contribution in [1.29, 1.82) is 0 Å². The standard InChI is InChI=1S/C22H31N5/c1-4-11-24-16-6-5-7-17(13-16)26-19-10-12-25-22-21(19)18-14-15(23-2)8-9-20(18)27(22)3/h5-7,12-13,15,19,23-24,26H,4,8-11,14H2,1-3H3. The van der Waals surface area contributed by atoms with E-state index in [1.54, 1.807) is 0 Å². The minimum atomic E-state index is 0.282. The fourth-order valence-electron chi connectivity index (χ4n) is 4.46. The van der Waals surface area contributed by atoms with Crippen molar-refractivity contribution in [3.63, 3.8) is 0 Å². The summed E-state index contributed by atoms with van der Waals surface area (Å²) in [6.07, 6.45) is 7.56. The van der Waals surface area contributed by atoms with Crippen molar-refractivity contribution >= 4 is 23.4 Å². The molecule has 0 fully saturated rings. The zero-order chi connectivity index (χ0) is 18.8. The van der Waals surface area contributed by atoms with Gasteiger partial charge in [0, 0.05) is 54.9 Å². The van der Waals surface area contributed by atoms with Gasteiger partial charge in [-0.3, -0.25) is 0 Å². The Morgan fingerprint density at radius 2 is 2.11 bits per heavy atom. The summed E-state index contributed by atoms with van der Waals surface area (Å²) in [5, 5.41) is 10.7. The smallest absolute Gasteiger partial charge is 0.137 e. The highest BCUT2D eigenvalue weighted by Crippen LogP contribution is 2.42. The third kappa shape index (κ3) is 3.48. The number of rotatable bonds is 6. The van der Waals surface area contributed by atoms with E-state index in [1.807, 2.05) is 0 Å². The lowest BCUT2D eigenvalue weighted by Crippen LogP contribution is -2.32. The Morgan fingerprint density at radius 1 is 1.26 bits per heavy atom. The molecule has 2 aliphatic rings. The van der Waals surface area contributed by atoms with E-state index < -0.39 is 0 Å². The van der Waals surface area contributed by atoms with Gasteiger partial charge in [0.15, 0.2) is 0 Å². The number of fused-ring (bicyclic) bond motifs is 3. The van der Waals surface area contributed by atoms with Crippen LogP contribution in [0.15, 0.2) is 29.3 Å². The normalized spacial score (nSPS) is 20.9. The lowest BCUT2D eigenvalue weighted by Gasteiger charge is -2.26. The topological polar surface area (TPSA) is 53.4 Å². The lowest BCUT2D eigenvalue weighted by atomic mass is 9.87. The molecule has 144 valence electrons. The molecule has 0 spiro atoms. The minimum absolute atomic E-state index is 0.282. The van der Waals surface area contributed by atoms with Crippen molar-refractivity contribution in [2.45, 2.75) is 51.1 Å². The summed E-state index contributed by atoms with van der Waals surface area (Å²) < 4.78 is 2.32. The monoisotopic (exact) mass is 365 g/mol. The summed E-state index contributed by atoms with van der Waals surface area (Å²) in [4.78, 5) is 4.76. The molecule has 2 unspecified atom stereocenters. The van der Waals surface area contributed by atoms with Crippen molar-refractivity contribution < 1.29 is 0 Å². The van der Waals surface area contributed by atoms with Gasteiger partial charge in [-0.05, 0) is 56.5 Å². The molecule has 2 atom stereocenters. The Balaban J connectivity index is 1.63. The molecule has 0 bridgehead atoms. The van der Waals surface area contributed by atoms with Gasteiger partial charge in [0.25, 0.3) is 0 Å². The summed E-state index contributed by atoms with van der Waals surface area (Å²) in [6, 6.07) is 9.48. The Labute approximate surface area is 162 Å². The second-order valence-electron chi connectivity index (χ2n) is 7.70. The molecule has 5 heteroatoms. The molecule has 1 aromatic carbocycles. The van der Waals surface area contributed by atoms with Crippen LogP contribution in [0.5, 0.6) is 0 Å². The van der Waals surface area contributed by atoms with Crippen LogP contribution in [0.2, 0.25) is 0 Å². The van der Waals surface area contributed by atoms with Gasteiger partial charge in [0.2, 0.25) is 0 Å². The third-order valence-electron chi connectivity index (χ3n) is 5.91. The molecule has 0 radical (unpaired) electrons. The van der Waals surface area contributed by atoms with Crippen LogP contribution in [0.1, 0.15) is 49.0 Å². The predicted octanol–water partition coefficient (Wildman–Crippen LogP) is 4.18. The average Bonchev–Trinajstić information content (AvgIpc) is 2.99. The first-order chi connectivity index (χ1) is 13.2. The molecule has 27 heavy (non-hydrogen) atoms. The molecule has 0 saturated carbocycles. The Hall–Kier alpha value is -2.27. The molecule has 5 nitrogen and oxygen atoms in total. The van der Waals surface area contributed by atoms with Gasteiger partial charge in [0.1, 0.15) is 5.82 Å². The average molecular weight is 366 g/mol. The van der Waals surface area contributed by atoms with Gasteiger partial charge >= 0.3 is 0 Å². The van der Waals surface area contributed by atoms with Crippen LogP contribution in [0.3, 0.4) is 0 Å². The van der Waals surface area contributed by atoms with Crippen molar-refractivity contribution in [3.05, 3.63) is 41.1 Å². The van der Waals surface area contributed by atoms with Gasteiger partial charge in [-0.15, -0.1) is 0 Å². The molecule has 3 N–H and O–H groups in total. The zero-order valence-corrected chi connectivity index (χ0v) is 16.7. The maximum absolute atomic E-state index is 4.76. The number of nitrogens with one attached hydrogen (secondary N) is 3. The molecule has 4 rings (SSSR count). The summed E-state index contributed by atoms with van der Waals surface area (Å²) in [7, 11) is 4.25. The van der Waals surface area contributed by atoms with Gasteiger partial charge in [-0.2, -0.15) is 0 Å². The highest BCUT2D eigenvalue weighted by atomic mass is 15.1. The first-order valence-corrected chi connectivity index (χ1v) is 10.2. The Bertz CT molecular complexity index is 835. The second kappa shape index (κ2) is 7.77. The summed E-state index contributed by atoms with van der Waals surface area (Å²) in [6.45, 7) is 3.19. The van der Waals surface area contributed by atoms with E-state index in [0.29, 0.717) is 6.04 Å². The van der Waals surface area contributed by atoms with Gasteiger partial charge < -0.3 is 20.5 Å². The molecule has 1 aliphatic carbocycles. The summed E-state index contributed by atoms with van der Waals surface area (Å²) in [5.41, 5.74) is 6.73. The molecule has 1 aromatic heterocycles. The molecular formula is C22H31N5. The number of benzene rings is 1. The SMILES string of the molecule is CCCNc1cccc(NC2CC=Nc3c2c2c(n3C)CCC(NC)C2)c1. The number of likely N-dealkylation sites (N-methyl/N-ethyl adjacent to an activating group) is 1. The predicted molar refractivity (Wildman–Crippen MR) is 115 cm³/mol. The van der Waals surface area contributed by atoms with E-state index in [-0.39, 0.29) is 6.04 Å². The van der Waals surface area contributed by atoms with E-state index in [2.05, 4.69) is 72.0 Å². The molecule has 2 heterocycles.